The van der Waals surface area contributed by atoms with Crippen molar-refractivity contribution in [3.05, 3.63) is 0 Å². The average Bonchev–Trinajstić information content (AvgIpc) is 2.45. The Balaban J connectivity index is 1.51. The SMILES string of the molecule is CC(CCNCC1CCOCC1)N1CCNCC1. The van der Waals surface area contributed by atoms with E-state index in [1.54, 1.807) is 0 Å². The van der Waals surface area contributed by atoms with Crippen molar-refractivity contribution < 1.29 is 4.74 Å². The van der Waals surface area contributed by atoms with Gasteiger partial charge >= 0.3 is 0 Å². The van der Waals surface area contributed by atoms with Gasteiger partial charge in [0.25, 0.3) is 0 Å². The van der Waals surface area contributed by atoms with Crippen LogP contribution in [0.5, 0.6) is 0 Å². The lowest BCUT2D eigenvalue weighted by Crippen LogP contribution is -2.48. The first-order chi connectivity index (χ1) is 8.86. The monoisotopic (exact) mass is 255 g/mol. The third kappa shape index (κ3) is 4.84. The first-order valence-electron chi connectivity index (χ1n) is 7.59. The normalized spacial score (nSPS) is 25.2. The molecule has 2 aliphatic rings. The summed E-state index contributed by atoms with van der Waals surface area (Å²) in [7, 11) is 0. The molecule has 2 rings (SSSR count). The summed E-state index contributed by atoms with van der Waals surface area (Å²) in [5.74, 6) is 0.841. The summed E-state index contributed by atoms with van der Waals surface area (Å²) in [6, 6.07) is 0.717. The predicted molar refractivity (Wildman–Crippen MR) is 74.9 cm³/mol. The molecule has 2 saturated heterocycles. The highest BCUT2D eigenvalue weighted by molar-refractivity contribution is 4.74. The van der Waals surface area contributed by atoms with Crippen LogP contribution in [-0.2, 0) is 4.74 Å². The third-order valence-corrected chi connectivity index (χ3v) is 4.29. The van der Waals surface area contributed by atoms with Crippen LogP contribution in [0.4, 0.5) is 0 Å². The van der Waals surface area contributed by atoms with Gasteiger partial charge in [0.15, 0.2) is 0 Å². The van der Waals surface area contributed by atoms with E-state index in [1.165, 1.54) is 38.9 Å². The van der Waals surface area contributed by atoms with Gasteiger partial charge in [0.1, 0.15) is 0 Å². The van der Waals surface area contributed by atoms with Crippen molar-refractivity contribution in [3.8, 4) is 0 Å². The van der Waals surface area contributed by atoms with Gasteiger partial charge in [-0.3, -0.25) is 4.90 Å². The van der Waals surface area contributed by atoms with E-state index in [2.05, 4.69) is 22.5 Å². The van der Waals surface area contributed by atoms with Crippen molar-refractivity contribution in [1.29, 1.82) is 0 Å². The van der Waals surface area contributed by atoms with Gasteiger partial charge in [0.05, 0.1) is 0 Å². The van der Waals surface area contributed by atoms with Crippen LogP contribution >= 0.6 is 0 Å². The first-order valence-corrected chi connectivity index (χ1v) is 7.59. The second kappa shape index (κ2) is 8.10. The van der Waals surface area contributed by atoms with E-state index in [4.69, 9.17) is 4.74 Å². The summed E-state index contributed by atoms with van der Waals surface area (Å²) < 4.78 is 5.38. The largest absolute Gasteiger partial charge is 0.381 e. The van der Waals surface area contributed by atoms with Crippen molar-refractivity contribution in [2.45, 2.75) is 32.2 Å². The molecule has 0 amide bonds. The zero-order chi connectivity index (χ0) is 12.6. The fourth-order valence-electron chi connectivity index (χ4n) is 2.87. The molecular weight excluding hydrogens is 226 g/mol. The molecule has 4 heteroatoms. The average molecular weight is 255 g/mol. The summed E-state index contributed by atoms with van der Waals surface area (Å²) in [5.41, 5.74) is 0. The Hall–Kier alpha value is -0.160. The molecule has 0 radical (unpaired) electrons. The second-order valence-corrected chi connectivity index (χ2v) is 5.68. The lowest BCUT2D eigenvalue weighted by atomic mass is 10.0. The topological polar surface area (TPSA) is 36.5 Å². The quantitative estimate of drug-likeness (QED) is 0.685. The molecule has 4 nitrogen and oxygen atoms in total. The highest BCUT2D eigenvalue weighted by Crippen LogP contribution is 2.13. The highest BCUT2D eigenvalue weighted by atomic mass is 16.5. The van der Waals surface area contributed by atoms with Crippen LogP contribution in [-0.4, -0.2) is 63.4 Å². The Labute approximate surface area is 111 Å². The zero-order valence-electron chi connectivity index (χ0n) is 11.8. The molecule has 18 heavy (non-hydrogen) atoms. The molecule has 1 atom stereocenters. The molecule has 2 fully saturated rings. The van der Waals surface area contributed by atoms with Gasteiger partial charge in [-0.25, -0.2) is 0 Å². The highest BCUT2D eigenvalue weighted by Gasteiger charge is 2.16. The van der Waals surface area contributed by atoms with E-state index in [0.29, 0.717) is 6.04 Å². The van der Waals surface area contributed by atoms with E-state index < -0.39 is 0 Å². The Kier molecular flexibility index (Phi) is 6.41. The zero-order valence-corrected chi connectivity index (χ0v) is 11.8. The summed E-state index contributed by atoms with van der Waals surface area (Å²) >= 11 is 0. The van der Waals surface area contributed by atoms with E-state index in [0.717, 1.165) is 38.8 Å². The van der Waals surface area contributed by atoms with Gasteiger partial charge in [0.2, 0.25) is 0 Å². The first kappa shape index (κ1) is 14.3. The van der Waals surface area contributed by atoms with E-state index in [1.807, 2.05) is 0 Å². The molecule has 106 valence electrons. The van der Waals surface area contributed by atoms with Crippen molar-refractivity contribution in [1.82, 2.24) is 15.5 Å². The van der Waals surface area contributed by atoms with Crippen LogP contribution in [0, 0.1) is 5.92 Å². The maximum atomic E-state index is 5.38. The van der Waals surface area contributed by atoms with Gasteiger partial charge in [-0.15, -0.1) is 0 Å². The second-order valence-electron chi connectivity index (χ2n) is 5.68. The number of hydrogen-bond acceptors (Lipinski definition) is 4. The molecule has 1 unspecified atom stereocenters. The fraction of sp³-hybridized carbons (Fsp3) is 1.00. The summed E-state index contributed by atoms with van der Waals surface area (Å²) in [6.07, 6.45) is 3.74. The van der Waals surface area contributed by atoms with Crippen LogP contribution in [0.25, 0.3) is 0 Å². The smallest absolute Gasteiger partial charge is 0.0469 e. The maximum Gasteiger partial charge on any atom is 0.0469 e. The lowest BCUT2D eigenvalue weighted by Gasteiger charge is -2.33. The van der Waals surface area contributed by atoms with Gasteiger partial charge in [-0.2, -0.15) is 0 Å². The Morgan fingerprint density at radius 1 is 1.28 bits per heavy atom. The van der Waals surface area contributed by atoms with Crippen molar-refractivity contribution in [3.63, 3.8) is 0 Å². The number of rotatable bonds is 6. The number of nitrogens with one attached hydrogen (secondary N) is 2. The van der Waals surface area contributed by atoms with Crippen LogP contribution in [0.2, 0.25) is 0 Å². The summed E-state index contributed by atoms with van der Waals surface area (Å²) in [5, 5.41) is 7.04. The number of nitrogens with zero attached hydrogens (tertiary/aromatic N) is 1. The van der Waals surface area contributed by atoms with Crippen LogP contribution in [0.1, 0.15) is 26.2 Å². The summed E-state index contributed by atoms with van der Waals surface area (Å²) in [4.78, 5) is 2.60. The predicted octanol–water partition coefficient (Wildman–Crippen LogP) is 0.686. The molecule has 0 aromatic carbocycles. The van der Waals surface area contributed by atoms with E-state index in [-0.39, 0.29) is 0 Å². The van der Waals surface area contributed by atoms with Crippen LogP contribution < -0.4 is 10.6 Å². The van der Waals surface area contributed by atoms with Crippen molar-refractivity contribution >= 4 is 0 Å². The van der Waals surface area contributed by atoms with Crippen molar-refractivity contribution in [2.24, 2.45) is 5.92 Å². The lowest BCUT2D eigenvalue weighted by molar-refractivity contribution is 0.0661. The number of ether oxygens (including phenoxy) is 1. The molecule has 0 aromatic heterocycles. The molecule has 0 aliphatic carbocycles. The minimum absolute atomic E-state index is 0.717. The fourth-order valence-corrected chi connectivity index (χ4v) is 2.87. The maximum absolute atomic E-state index is 5.38. The number of piperazine rings is 1. The molecule has 0 bridgehead atoms. The van der Waals surface area contributed by atoms with E-state index >= 15 is 0 Å². The number of hydrogen-bond donors (Lipinski definition) is 2. The molecule has 2 heterocycles. The molecule has 0 saturated carbocycles. The Morgan fingerprint density at radius 3 is 2.72 bits per heavy atom. The standard InChI is InChI=1S/C14H29N3O/c1-13(17-8-6-15-7-9-17)2-5-16-12-14-3-10-18-11-4-14/h13-16H,2-12H2,1H3. The van der Waals surface area contributed by atoms with Gasteiger partial charge in [0, 0.05) is 45.4 Å². The van der Waals surface area contributed by atoms with Crippen molar-refractivity contribution in [2.75, 3.05) is 52.5 Å². The molecule has 2 aliphatic heterocycles. The van der Waals surface area contributed by atoms with Gasteiger partial charge < -0.3 is 15.4 Å². The minimum atomic E-state index is 0.717. The molecular formula is C14H29N3O. The summed E-state index contributed by atoms with van der Waals surface area (Å²) in [6.45, 7) is 11.3. The molecule has 2 N–H and O–H groups in total. The molecule has 0 spiro atoms. The Morgan fingerprint density at radius 2 is 2.00 bits per heavy atom. The third-order valence-electron chi connectivity index (χ3n) is 4.29. The minimum Gasteiger partial charge on any atom is -0.381 e. The van der Waals surface area contributed by atoms with E-state index in [9.17, 15) is 0 Å². The molecule has 0 aromatic rings. The Bertz CT molecular complexity index is 213. The van der Waals surface area contributed by atoms with Crippen LogP contribution in [0.3, 0.4) is 0 Å². The van der Waals surface area contributed by atoms with Crippen LogP contribution in [0.15, 0.2) is 0 Å². The van der Waals surface area contributed by atoms with Gasteiger partial charge in [-0.05, 0) is 45.2 Å². The van der Waals surface area contributed by atoms with Gasteiger partial charge in [-0.1, -0.05) is 0 Å².